The first-order valence-corrected chi connectivity index (χ1v) is 7.21. The second-order valence-corrected chi connectivity index (χ2v) is 5.02. The zero-order valence-electron chi connectivity index (χ0n) is 12.5. The van der Waals surface area contributed by atoms with E-state index >= 15 is 0 Å². The van der Waals surface area contributed by atoms with Gasteiger partial charge in [-0.2, -0.15) is 0 Å². The van der Waals surface area contributed by atoms with Crippen molar-refractivity contribution in [1.29, 1.82) is 0 Å². The minimum absolute atomic E-state index is 0.427. The van der Waals surface area contributed by atoms with Gasteiger partial charge in [-0.25, -0.2) is 0 Å². The number of nitrogens with zero attached hydrogens (tertiary/aromatic N) is 2. The van der Waals surface area contributed by atoms with Crippen molar-refractivity contribution in [3.8, 4) is 0 Å². The number of H-pyrrole nitrogens is 1. The highest BCUT2D eigenvalue weighted by atomic mass is 16.6. The van der Waals surface area contributed by atoms with Gasteiger partial charge in [-0.1, -0.05) is 42.5 Å². The van der Waals surface area contributed by atoms with Crippen molar-refractivity contribution in [2.45, 2.75) is 0 Å². The molecule has 0 unspecified atom stereocenters. The summed E-state index contributed by atoms with van der Waals surface area (Å²) in [6.07, 6.45) is 1.81. The van der Waals surface area contributed by atoms with Crippen LogP contribution < -0.4 is 5.56 Å². The van der Waals surface area contributed by atoms with Crippen LogP contribution in [0.2, 0.25) is 0 Å². The highest BCUT2D eigenvalue weighted by molar-refractivity contribution is 5.80. The third-order valence-electron chi connectivity index (χ3n) is 3.44. The van der Waals surface area contributed by atoms with E-state index in [1.165, 1.54) is 11.5 Å². The number of aromatic nitrogens is 2. The summed E-state index contributed by atoms with van der Waals surface area (Å²) in [4.78, 5) is 27.6. The Labute approximate surface area is 136 Å². The van der Waals surface area contributed by atoms with E-state index < -0.39 is 16.2 Å². The van der Waals surface area contributed by atoms with Crippen LogP contribution in [0.1, 0.15) is 0 Å². The Morgan fingerprint density at radius 1 is 0.917 bits per heavy atom. The number of nitro groups is 1. The van der Waals surface area contributed by atoms with Gasteiger partial charge in [0.15, 0.2) is 0 Å². The number of hydrogen-bond acceptors (Lipinski definition) is 4. The summed E-state index contributed by atoms with van der Waals surface area (Å²) in [6, 6.07) is 20.3. The monoisotopic (exact) mass is 319 g/mol. The number of fused-ring (bicyclic) bond motifs is 2. The van der Waals surface area contributed by atoms with Gasteiger partial charge >= 0.3 is 11.2 Å². The zero-order valence-corrected chi connectivity index (χ0v) is 12.5. The second-order valence-electron chi connectivity index (χ2n) is 5.02. The Morgan fingerprint density at radius 3 is 2.33 bits per heavy atom. The quantitative estimate of drug-likeness (QED) is 0.428. The number of pyridine rings is 2. The van der Waals surface area contributed by atoms with Crippen LogP contribution in [0.15, 0.2) is 77.7 Å². The van der Waals surface area contributed by atoms with Crippen molar-refractivity contribution in [2.75, 3.05) is 0 Å². The number of aromatic amines is 1. The van der Waals surface area contributed by atoms with Gasteiger partial charge in [-0.05, 0) is 18.2 Å². The van der Waals surface area contributed by atoms with Crippen LogP contribution in [0.3, 0.4) is 0 Å². The fourth-order valence-corrected chi connectivity index (χ4v) is 2.29. The predicted molar refractivity (Wildman–Crippen MR) is 93.0 cm³/mol. The molecule has 24 heavy (non-hydrogen) atoms. The van der Waals surface area contributed by atoms with Crippen LogP contribution in [0.4, 0.5) is 5.69 Å². The number of benzene rings is 2. The molecule has 6 nitrogen and oxygen atoms in total. The van der Waals surface area contributed by atoms with E-state index in [0.29, 0.717) is 10.9 Å². The summed E-state index contributed by atoms with van der Waals surface area (Å²) in [5, 5.41) is 12.3. The van der Waals surface area contributed by atoms with Gasteiger partial charge in [0.1, 0.15) is 0 Å². The molecule has 0 radical (unpaired) electrons. The fourth-order valence-electron chi connectivity index (χ4n) is 2.29. The van der Waals surface area contributed by atoms with E-state index in [9.17, 15) is 14.9 Å². The number of para-hydroxylation sites is 2. The number of hydrogen-bond donors (Lipinski definition) is 1. The van der Waals surface area contributed by atoms with Crippen LogP contribution in [-0.4, -0.2) is 14.9 Å². The van der Waals surface area contributed by atoms with Crippen LogP contribution in [-0.2, 0) is 0 Å². The molecule has 118 valence electrons. The number of rotatable bonds is 1. The highest BCUT2D eigenvalue weighted by Gasteiger charge is 2.12. The smallest absolute Gasteiger partial charge is 0.316 e. The maximum Gasteiger partial charge on any atom is 0.334 e. The first-order chi connectivity index (χ1) is 11.6. The molecule has 2 aromatic heterocycles. The van der Waals surface area contributed by atoms with E-state index in [2.05, 4.69) is 22.1 Å². The molecule has 4 aromatic rings. The Balaban J connectivity index is 0.000000149. The lowest BCUT2D eigenvalue weighted by Gasteiger charge is -1.95. The topological polar surface area (TPSA) is 88.9 Å². The van der Waals surface area contributed by atoms with Crippen molar-refractivity contribution in [1.82, 2.24) is 9.97 Å². The minimum atomic E-state index is -0.689. The Bertz CT molecular complexity index is 1010. The fraction of sp³-hybridized carbons (Fsp3) is 0. The Kier molecular flexibility index (Phi) is 4.29. The average Bonchev–Trinajstić information content (AvgIpc) is 2.61. The van der Waals surface area contributed by atoms with Crippen molar-refractivity contribution >= 4 is 27.5 Å². The van der Waals surface area contributed by atoms with Gasteiger partial charge in [-0.15, -0.1) is 0 Å². The molecule has 2 aromatic carbocycles. The highest BCUT2D eigenvalue weighted by Crippen LogP contribution is 2.13. The summed E-state index contributed by atoms with van der Waals surface area (Å²) in [7, 11) is 0. The average molecular weight is 319 g/mol. The normalized spacial score (nSPS) is 10.2. The summed E-state index contributed by atoms with van der Waals surface area (Å²) < 4.78 is 0. The van der Waals surface area contributed by atoms with Crippen molar-refractivity contribution < 1.29 is 4.92 Å². The van der Waals surface area contributed by atoms with Crippen LogP contribution in [0.25, 0.3) is 21.8 Å². The molecule has 0 spiro atoms. The molecule has 1 N–H and O–H groups in total. The molecule has 0 fully saturated rings. The predicted octanol–water partition coefficient (Wildman–Crippen LogP) is 3.67. The van der Waals surface area contributed by atoms with Crippen molar-refractivity contribution in [3.63, 3.8) is 0 Å². The summed E-state index contributed by atoms with van der Waals surface area (Å²) in [5.41, 5.74) is 0.561. The van der Waals surface area contributed by atoms with Crippen molar-refractivity contribution in [3.05, 3.63) is 93.4 Å². The van der Waals surface area contributed by atoms with E-state index in [-0.39, 0.29) is 0 Å². The molecule has 0 atom stereocenters. The van der Waals surface area contributed by atoms with Crippen molar-refractivity contribution in [2.24, 2.45) is 0 Å². The molecule has 4 rings (SSSR count). The van der Waals surface area contributed by atoms with Gasteiger partial charge < -0.3 is 4.98 Å². The molecule has 0 saturated heterocycles. The van der Waals surface area contributed by atoms with Gasteiger partial charge in [0.05, 0.1) is 10.4 Å². The van der Waals surface area contributed by atoms with Gasteiger partial charge in [0.25, 0.3) is 0 Å². The lowest BCUT2D eigenvalue weighted by molar-refractivity contribution is -0.386. The molecule has 0 aliphatic heterocycles. The van der Waals surface area contributed by atoms with Gasteiger partial charge in [0.2, 0.25) is 0 Å². The first-order valence-electron chi connectivity index (χ1n) is 7.21. The summed E-state index contributed by atoms with van der Waals surface area (Å²) in [6.45, 7) is 0. The van der Waals surface area contributed by atoms with Gasteiger partial charge in [0, 0.05) is 28.6 Å². The minimum Gasteiger partial charge on any atom is -0.316 e. The van der Waals surface area contributed by atoms with E-state index in [0.717, 1.165) is 5.52 Å². The molecule has 0 amide bonds. The SMILES string of the molecule is O=c1[nH]c2ccccc2cc1[N+](=O)[O-].c1ccc2ncccc2c1. The Hall–Kier alpha value is -3.54. The molecule has 0 saturated carbocycles. The summed E-state index contributed by atoms with van der Waals surface area (Å²) >= 11 is 0. The van der Waals surface area contributed by atoms with E-state index in [1.54, 1.807) is 24.3 Å². The van der Waals surface area contributed by atoms with Crippen LogP contribution in [0.5, 0.6) is 0 Å². The summed E-state index contributed by atoms with van der Waals surface area (Å²) in [5.74, 6) is 0. The zero-order chi connectivity index (χ0) is 16.9. The van der Waals surface area contributed by atoms with E-state index in [1.807, 2.05) is 30.5 Å². The second kappa shape index (κ2) is 6.70. The van der Waals surface area contributed by atoms with Crippen LogP contribution in [0, 0.1) is 10.1 Å². The van der Waals surface area contributed by atoms with Gasteiger partial charge in [-0.3, -0.25) is 19.9 Å². The van der Waals surface area contributed by atoms with Crippen LogP contribution >= 0.6 is 0 Å². The Morgan fingerprint density at radius 2 is 1.58 bits per heavy atom. The largest absolute Gasteiger partial charge is 0.334 e. The molecule has 0 aliphatic carbocycles. The van der Waals surface area contributed by atoms with E-state index in [4.69, 9.17) is 0 Å². The molecule has 2 heterocycles. The lowest BCUT2D eigenvalue weighted by Crippen LogP contribution is -2.10. The molecular formula is C18H13N3O3. The standard InChI is InChI=1S/C9H6N2O3.C9H7N/c12-9-8(11(13)14)5-6-3-1-2-4-7(6)10-9;1-2-6-9-8(4-1)5-3-7-10-9/h1-5H,(H,10,12);1-7H. The molecule has 0 bridgehead atoms. The molecule has 6 heteroatoms. The molecular weight excluding hydrogens is 306 g/mol. The number of nitrogens with one attached hydrogen (secondary N) is 1. The lowest BCUT2D eigenvalue weighted by atomic mass is 10.2. The maximum absolute atomic E-state index is 11.2. The third kappa shape index (κ3) is 3.27. The maximum atomic E-state index is 11.2. The first kappa shape index (κ1) is 15.4. The molecule has 0 aliphatic rings. The third-order valence-corrected chi connectivity index (χ3v) is 3.44.